The maximum absolute atomic E-state index is 12.9. The minimum atomic E-state index is -0.300. The van der Waals surface area contributed by atoms with Crippen molar-refractivity contribution in [1.29, 1.82) is 0 Å². The number of hydrogen-bond donors (Lipinski definition) is 1. The third-order valence-electron chi connectivity index (χ3n) is 3.31. The Balaban J connectivity index is 1.57. The van der Waals surface area contributed by atoms with E-state index < -0.39 is 0 Å². The average Bonchev–Trinajstić information content (AvgIpc) is 3.04. The molecule has 3 rings (SSSR count). The van der Waals surface area contributed by atoms with E-state index in [-0.39, 0.29) is 18.1 Å². The number of para-hydroxylation sites is 1. The number of carbonyl (C=O) groups excluding carboxylic acids is 1. The number of halogens is 1. The second-order valence-electron chi connectivity index (χ2n) is 5.04. The largest absolute Gasteiger partial charge is 0.441 e. The highest BCUT2D eigenvalue weighted by Gasteiger charge is 2.09. The molecular formula is C18H15FN2O2. The van der Waals surface area contributed by atoms with E-state index in [0.29, 0.717) is 18.1 Å². The fourth-order valence-corrected chi connectivity index (χ4v) is 2.14. The number of amides is 1. The first kappa shape index (κ1) is 15.0. The quantitative estimate of drug-likeness (QED) is 0.773. The molecule has 0 unspecified atom stereocenters. The third kappa shape index (κ3) is 4.03. The summed E-state index contributed by atoms with van der Waals surface area (Å²) in [5.41, 5.74) is 1.51. The van der Waals surface area contributed by atoms with Crippen molar-refractivity contribution in [3.63, 3.8) is 0 Å². The summed E-state index contributed by atoms with van der Waals surface area (Å²) in [5.74, 6) is 0.639. The van der Waals surface area contributed by atoms with Gasteiger partial charge in [-0.05, 0) is 36.4 Å². The van der Waals surface area contributed by atoms with Crippen LogP contribution in [0.2, 0.25) is 0 Å². The summed E-state index contributed by atoms with van der Waals surface area (Å²) in [7, 11) is 0. The molecule has 1 amide bonds. The first-order chi connectivity index (χ1) is 11.2. The van der Waals surface area contributed by atoms with Crippen LogP contribution in [0.25, 0.3) is 11.3 Å². The molecule has 0 aliphatic heterocycles. The number of aryl methyl sites for hydroxylation is 1. The number of benzene rings is 2. The van der Waals surface area contributed by atoms with E-state index in [1.165, 1.54) is 12.1 Å². The molecule has 23 heavy (non-hydrogen) atoms. The molecule has 1 heterocycles. The number of nitrogens with zero attached hydrogens (tertiary/aromatic N) is 1. The molecule has 3 aromatic rings. The first-order valence-electron chi connectivity index (χ1n) is 7.26. The predicted octanol–water partition coefficient (Wildman–Crippen LogP) is 4.05. The molecular weight excluding hydrogens is 295 g/mol. The molecule has 0 aliphatic rings. The van der Waals surface area contributed by atoms with Crippen LogP contribution < -0.4 is 5.32 Å². The van der Waals surface area contributed by atoms with Crippen molar-refractivity contribution in [2.75, 3.05) is 5.32 Å². The molecule has 0 saturated heterocycles. The fourth-order valence-electron chi connectivity index (χ4n) is 2.14. The minimum Gasteiger partial charge on any atom is -0.441 e. The van der Waals surface area contributed by atoms with E-state index in [1.807, 2.05) is 30.3 Å². The normalized spacial score (nSPS) is 10.5. The monoisotopic (exact) mass is 310 g/mol. The zero-order valence-corrected chi connectivity index (χ0v) is 12.3. The van der Waals surface area contributed by atoms with E-state index in [0.717, 1.165) is 11.3 Å². The summed E-state index contributed by atoms with van der Waals surface area (Å²) in [5, 5.41) is 2.81. The topological polar surface area (TPSA) is 55.1 Å². The molecule has 0 saturated carbocycles. The molecule has 0 atom stereocenters. The highest BCUT2D eigenvalue weighted by atomic mass is 19.1. The van der Waals surface area contributed by atoms with Crippen LogP contribution in [-0.2, 0) is 11.2 Å². The van der Waals surface area contributed by atoms with Crippen molar-refractivity contribution in [2.45, 2.75) is 12.8 Å². The Kier molecular flexibility index (Phi) is 4.47. The molecule has 1 N–H and O–H groups in total. The number of rotatable bonds is 5. The summed E-state index contributed by atoms with van der Waals surface area (Å²) < 4.78 is 18.5. The van der Waals surface area contributed by atoms with Crippen LogP contribution in [0.1, 0.15) is 12.3 Å². The van der Waals surface area contributed by atoms with Crippen LogP contribution in [0.5, 0.6) is 0 Å². The molecule has 116 valence electrons. The number of aromatic nitrogens is 1. The SMILES string of the molecule is O=C(CCc1ncc(-c2ccc(F)cc2)o1)Nc1ccccc1. The third-order valence-corrected chi connectivity index (χ3v) is 3.31. The lowest BCUT2D eigenvalue weighted by Gasteiger charge is -2.03. The molecule has 0 aliphatic carbocycles. The van der Waals surface area contributed by atoms with E-state index in [1.54, 1.807) is 18.3 Å². The lowest BCUT2D eigenvalue weighted by atomic mass is 10.2. The molecule has 0 bridgehead atoms. The van der Waals surface area contributed by atoms with Gasteiger partial charge in [0.2, 0.25) is 5.91 Å². The van der Waals surface area contributed by atoms with Gasteiger partial charge < -0.3 is 9.73 Å². The van der Waals surface area contributed by atoms with Gasteiger partial charge in [0, 0.05) is 24.1 Å². The summed E-state index contributed by atoms with van der Waals surface area (Å²) in [6, 6.07) is 15.3. The summed E-state index contributed by atoms with van der Waals surface area (Å²) in [6.45, 7) is 0. The lowest BCUT2D eigenvalue weighted by molar-refractivity contribution is -0.116. The second-order valence-corrected chi connectivity index (χ2v) is 5.04. The zero-order valence-electron chi connectivity index (χ0n) is 12.3. The maximum Gasteiger partial charge on any atom is 0.224 e. The van der Waals surface area contributed by atoms with Gasteiger partial charge in [0.15, 0.2) is 11.7 Å². The second kappa shape index (κ2) is 6.87. The Morgan fingerprint density at radius 2 is 1.83 bits per heavy atom. The predicted molar refractivity (Wildman–Crippen MR) is 85.3 cm³/mol. The van der Waals surface area contributed by atoms with Crippen molar-refractivity contribution >= 4 is 11.6 Å². The number of hydrogen-bond acceptors (Lipinski definition) is 3. The van der Waals surface area contributed by atoms with Crippen molar-refractivity contribution < 1.29 is 13.6 Å². The van der Waals surface area contributed by atoms with E-state index >= 15 is 0 Å². The van der Waals surface area contributed by atoms with E-state index in [9.17, 15) is 9.18 Å². The van der Waals surface area contributed by atoms with Gasteiger partial charge in [0.05, 0.1) is 6.20 Å². The average molecular weight is 310 g/mol. The Morgan fingerprint density at radius 3 is 2.57 bits per heavy atom. The lowest BCUT2D eigenvalue weighted by Crippen LogP contribution is -2.12. The van der Waals surface area contributed by atoms with E-state index in [2.05, 4.69) is 10.3 Å². The standard InChI is InChI=1S/C18H15FN2O2/c19-14-8-6-13(7-9-14)16-12-20-18(23-16)11-10-17(22)21-15-4-2-1-3-5-15/h1-9,12H,10-11H2,(H,21,22). The smallest absolute Gasteiger partial charge is 0.224 e. The minimum absolute atomic E-state index is 0.0993. The van der Waals surface area contributed by atoms with Gasteiger partial charge in [-0.3, -0.25) is 4.79 Å². The number of anilines is 1. The van der Waals surface area contributed by atoms with Gasteiger partial charge in [-0.15, -0.1) is 0 Å². The zero-order chi connectivity index (χ0) is 16.1. The van der Waals surface area contributed by atoms with Crippen LogP contribution in [0.3, 0.4) is 0 Å². The number of oxazole rings is 1. The first-order valence-corrected chi connectivity index (χ1v) is 7.26. The molecule has 2 aromatic carbocycles. The van der Waals surface area contributed by atoms with Gasteiger partial charge in [0.1, 0.15) is 5.82 Å². The van der Waals surface area contributed by atoms with Gasteiger partial charge in [-0.1, -0.05) is 18.2 Å². The molecule has 0 radical (unpaired) electrons. The molecule has 1 aromatic heterocycles. The van der Waals surface area contributed by atoms with Crippen molar-refractivity contribution in [2.24, 2.45) is 0 Å². The molecule has 0 fully saturated rings. The van der Waals surface area contributed by atoms with Crippen molar-refractivity contribution in [3.05, 3.63) is 72.5 Å². The van der Waals surface area contributed by atoms with Crippen LogP contribution in [0, 0.1) is 5.82 Å². The van der Waals surface area contributed by atoms with Crippen LogP contribution >= 0.6 is 0 Å². The fraction of sp³-hybridized carbons (Fsp3) is 0.111. The summed E-state index contributed by atoms with van der Waals surface area (Å²) in [4.78, 5) is 16.0. The highest BCUT2D eigenvalue weighted by molar-refractivity contribution is 5.90. The summed E-state index contributed by atoms with van der Waals surface area (Å²) >= 11 is 0. The highest BCUT2D eigenvalue weighted by Crippen LogP contribution is 2.21. The summed E-state index contributed by atoms with van der Waals surface area (Å²) in [6.07, 6.45) is 2.26. The Hall–Kier alpha value is -2.95. The van der Waals surface area contributed by atoms with Crippen LogP contribution in [-0.4, -0.2) is 10.9 Å². The van der Waals surface area contributed by atoms with Gasteiger partial charge in [0.25, 0.3) is 0 Å². The van der Waals surface area contributed by atoms with Crippen LogP contribution in [0.15, 0.2) is 65.2 Å². The van der Waals surface area contributed by atoms with Gasteiger partial charge in [-0.25, -0.2) is 9.37 Å². The van der Waals surface area contributed by atoms with E-state index in [4.69, 9.17) is 4.42 Å². The van der Waals surface area contributed by atoms with Gasteiger partial charge >= 0.3 is 0 Å². The number of carbonyl (C=O) groups is 1. The van der Waals surface area contributed by atoms with Crippen molar-refractivity contribution in [3.8, 4) is 11.3 Å². The molecule has 4 nitrogen and oxygen atoms in total. The Bertz CT molecular complexity index is 782. The molecule has 0 spiro atoms. The molecule has 5 heteroatoms. The number of nitrogens with one attached hydrogen (secondary N) is 1. The maximum atomic E-state index is 12.9. The Labute approximate surface area is 133 Å². The Morgan fingerprint density at radius 1 is 1.09 bits per heavy atom. The van der Waals surface area contributed by atoms with Crippen molar-refractivity contribution in [1.82, 2.24) is 4.98 Å². The van der Waals surface area contributed by atoms with Crippen LogP contribution in [0.4, 0.5) is 10.1 Å². The van der Waals surface area contributed by atoms with Gasteiger partial charge in [-0.2, -0.15) is 0 Å².